The van der Waals surface area contributed by atoms with Gasteiger partial charge in [-0.05, 0) is 47.9 Å². The van der Waals surface area contributed by atoms with Crippen LogP contribution in [-0.2, 0) is 0 Å². The Morgan fingerprint density at radius 3 is 2.59 bits per heavy atom. The number of hydrogen-bond donors (Lipinski definition) is 1. The molecule has 1 aromatic carbocycles. The Morgan fingerprint density at radius 2 is 2.00 bits per heavy atom. The molecule has 2 aromatic rings. The average Bonchev–Trinajstić information content (AvgIpc) is 3.03. The maximum Gasteiger partial charge on any atom is 0.321 e. The van der Waals surface area contributed by atoms with Crippen LogP contribution in [0.15, 0.2) is 24.5 Å². The summed E-state index contributed by atoms with van der Waals surface area (Å²) in [6.07, 6.45) is 3.42. The molecular weight excluding hydrogens is 280 g/mol. The molecule has 118 valence electrons. The van der Waals surface area contributed by atoms with E-state index in [4.69, 9.17) is 0 Å². The van der Waals surface area contributed by atoms with Gasteiger partial charge in [0, 0.05) is 18.8 Å². The molecule has 2 amide bonds. The van der Waals surface area contributed by atoms with Gasteiger partial charge < -0.3 is 10.2 Å². The molecule has 0 bridgehead atoms. The number of benzene rings is 1. The van der Waals surface area contributed by atoms with Crippen molar-refractivity contribution in [1.29, 1.82) is 0 Å². The lowest BCUT2D eigenvalue weighted by atomic mass is 10.2. The van der Waals surface area contributed by atoms with E-state index in [1.165, 1.54) is 6.33 Å². The molecule has 2 rings (SSSR count). The van der Waals surface area contributed by atoms with Crippen LogP contribution in [0.5, 0.6) is 0 Å². The molecule has 0 radical (unpaired) electrons. The zero-order valence-electron chi connectivity index (χ0n) is 13.3. The van der Waals surface area contributed by atoms with E-state index >= 15 is 0 Å². The molecule has 0 spiro atoms. The number of nitrogens with one attached hydrogen (secondary N) is 1. The van der Waals surface area contributed by atoms with Gasteiger partial charge >= 0.3 is 6.03 Å². The summed E-state index contributed by atoms with van der Waals surface area (Å²) in [6.45, 7) is 7.62. The van der Waals surface area contributed by atoms with E-state index in [1.807, 2.05) is 30.0 Å². The molecule has 7 heteroatoms. The second-order valence-corrected chi connectivity index (χ2v) is 5.17. The molecule has 0 aliphatic carbocycles. The minimum atomic E-state index is -0.0739. The topological polar surface area (TPSA) is 75.9 Å². The van der Waals surface area contributed by atoms with Gasteiger partial charge in [-0.3, -0.25) is 0 Å². The summed E-state index contributed by atoms with van der Waals surface area (Å²) in [7, 11) is 0. The second-order valence-electron chi connectivity index (χ2n) is 5.17. The van der Waals surface area contributed by atoms with E-state index in [2.05, 4.69) is 34.7 Å². The van der Waals surface area contributed by atoms with Gasteiger partial charge in [-0.2, -0.15) is 0 Å². The largest absolute Gasteiger partial charge is 0.325 e. The number of rotatable bonds is 6. The number of amides is 2. The Balaban J connectivity index is 2.16. The van der Waals surface area contributed by atoms with Crippen LogP contribution in [0.25, 0.3) is 5.69 Å². The predicted octanol–water partition coefficient (Wildman–Crippen LogP) is 2.62. The van der Waals surface area contributed by atoms with Crippen LogP contribution in [-0.4, -0.2) is 44.2 Å². The number of tetrazole rings is 1. The Hall–Kier alpha value is -2.44. The molecule has 0 fully saturated rings. The Bertz CT molecular complexity index is 605. The lowest BCUT2D eigenvalue weighted by molar-refractivity contribution is 0.211. The van der Waals surface area contributed by atoms with Crippen LogP contribution in [0.3, 0.4) is 0 Å². The van der Waals surface area contributed by atoms with E-state index in [0.717, 1.165) is 42.9 Å². The summed E-state index contributed by atoms with van der Waals surface area (Å²) >= 11 is 0. The maximum atomic E-state index is 12.3. The first-order valence-electron chi connectivity index (χ1n) is 7.55. The zero-order chi connectivity index (χ0) is 15.9. The number of carbonyl (C=O) groups excluding carboxylic acids is 1. The number of nitrogens with zero attached hydrogens (tertiary/aromatic N) is 5. The molecule has 1 aromatic heterocycles. The van der Waals surface area contributed by atoms with Crippen LogP contribution < -0.4 is 5.32 Å². The summed E-state index contributed by atoms with van der Waals surface area (Å²) < 4.78 is 1.58. The average molecular weight is 302 g/mol. The smallest absolute Gasteiger partial charge is 0.321 e. The number of anilines is 1. The van der Waals surface area contributed by atoms with Crippen LogP contribution in [0, 0.1) is 6.92 Å². The SMILES string of the molecule is CCCN(CCC)C(=O)Nc1ccc(C)c(-n2cnnn2)c1. The minimum absolute atomic E-state index is 0.0739. The van der Waals surface area contributed by atoms with Crippen molar-refractivity contribution < 1.29 is 4.79 Å². The van der Waals surface area contributed by atoms with Crippen LogP contribution in [0.2, 0.25) is 0 Å². The molecule has 0 atom stereocenters. The summed E-state index contributed by atoms with van der Waals surface area (Å²) in [5.74, 6) is 0. The number of aryl methyl sites for hydroxylation is 1. The third-order valence-electron chi connectivity index (χ3n) is 3.33. The van der Waals surface area contributed by atoms with Gasteiger partial charge in [0.1, 0.15) is 6.33 Å². The van der Waals surface area contributed by atoms with Crippen molar-refractivity contribution in [3.05, 3.63) is 30.1 Å². The molecule has 0 saturated heterocycles. The van der Waals surface area contributed by atoms with Gasteiger partial charge in [0.15, 0.2) is 0 Å². The Labute approximate surface area is 130 Å². The highest BCUT2D eigenvalue weighted by molar-refractivity contribution is 5.89. The van der Waals surface area contributed by atoms with Gasteiger partial charge in [0.2, 0.25) is 0 Å². The molecule has 1 heterocycles. The molecule has 7 nitrogen and oxygen atoms in total. The van der Waals surface area contributed by atoms with Crippen LogP contribution in [0.4, 0.5) is 10.5 Å². The van der Waals surface area contributed by atoms with Crippen molar-refractivity contribution in [2.45, 2.75) is 33.6 Å². The van der Waals surface area contributed by atoms with E-state index in [9.17, 15) is 4.79 Å². The number of carbonyl (C=O) groups is 1. The molecule has 0 unspecified atom stereocenters. The Kier molecular flexibility index (Phi) is 5.46. The monoisotopic (exact) mass is 302 g/mol. The summed E-state index contributed by atoms with van der Waals surface area (Å²) in [5.41, 5.74) is 2.61. The van der Waals surface area contributed by atoms with Crippen LogP contribution >= 0.6 is 0 Å². The molecule has 0 aliphatic rings. The fourth-order valence-electron chi connectivity index (χ4n) is 2.26. The quantitative estimate of drug-likeness (QED) is 0.890. The van der Waals surface area contributed by atoms with Crippen LogP contribution in [0.1, 0.15) is 32.3 Å². The van der Waals surface area contributed by atoms with Crippen molar-refractivity contribution in [3.63, 3.8) is 0 Å². The van der Waals surface area contributed by atoms with Gasteiger partial charge in [-0.25, -0.2) is 9.48 Å². The first-order valence-corrected chi connectivity index (χ1v) is 7.55. The maximum absolute atomic E-state index is 12.3. The molecule has 1 N–H and O–H groups in total. The molecule has 22 heavy (non-hydrogen) atoms. The lowest BCUT2D eigenvalue weighted by Crippen LogP contribution is -2.36. The number of aromatic nitrogens is 4. The third-order valence-corrected chi connectivity index (χ3v) is 3.33. The van der Waals surface area contributed by atoms with E-state index in [1.54, 1.807) is 4.68 Å². The molecule has 0 aliphatic heterocycles. The predicted molar refractivity (Wildman–Crippen MR) is 85.1 cm³/mol. The zero-order valence-corrected chi connectivity index (χ0v) is 13.3. The normalized spacial score (nSPS) is 10.5. The third kappa shape index (κ3) is 3.81. The lowest BCUT2D eigenvalue weighted by Gasteiger charge is -2.22. The van der Waals surface area contributed by atoms with Gasteiger partial charge in [-0.1, -0.05) is 19.9 Å². The van der Waals surface area contributed by atoms with Crippen molar-refractivity contribution in [2.75, 3.05) is 18.4 Å². The van der Waals surface area contributed by atoms with E-state index < -0.39 is 0 Å². The minimum Gasteiger partial charge on any atom is -0.325 e. The first-order chi connectivity index (χ1) is 10.7. The van der Waals surface area contributed by atoms with E-state index in [-0.39, 0.29) is 6.03 Å². The highest BCUT2D eigenvalue weighted by Gasteiger charge is 2.12. The van der Waals surface area contributed by atoms with Crippen molar-refractivity contribution in [3.8, 4) is 5.69 Å². The van der Waals surface area contributed by atoms with Gasteiger partial charge in [0.25, 0.3) is 0 Å². The second kappa shape index (κ2) is 7.53. The van der Waals surface area contributed by atoms with E-state index in [0.29, 0.717) is 0 Å². The van der Waals surface area contributed by atoms with Gasteiger partial charge in [-0.15, -0.1) is 5.10 Å². The summed E-state index contributed by atoms with van der Waals surface area (Å²) in [5, 5.41) is 14.1. The highest BCUT2D eigenvalue weighted by atomic mass is 16.2. The number of urea groups is 1. The summed E-state index contributed by atoms with van der Waals surface area (Å²) in [4.78, 5) is 14.2. The molecular formula is C15H22N6O. The van der Waals surface area contributed by atoms with Gasteiger partial charge in [0.05, 0.1) is 5.69 Å². The standard InChI is InChI=1S/C15H22N6O/c1-4-8-20(9-5-2)15(22)17-13-7-6-12(3)14(10-13)21-11-16-18-19-21/h6-7,10-11H,4-5,8-9H2,1-3H3,(H,17,22). The molecule has 0 saturated carbocycles. The summed E-state index contributed by atoms with van der Waals surface area (Å²) in [6, 6.07) is 5.63. The highest BCUT2D eigenvalue weighted by Crippen LogP contribution is 2.18. The Morgan fingerprint density at radius 1 is 1.27 bits per heavy atom. The first kappa shape index (κ1) is 15.9. The fraction of sp³-hybridized carbons (Fsp3) is 0.467. The van der Waals surface area contributed by atoms with Crippen molar-refractivity contribution in [2.24, 2.45) is 0 Å². The van der Waals surface area contributed by atoms with Crippen molar-refractivity contribution in [1.82, 2.24) is 25.1 Å². The fourth-order valence-corrected chi connectivity index (χ4v) is 2.26. The van der Waals surface area contributed by atoms with Crippen molar-refractivity contribution >= 4 is 11.7 Å². The number of hydrogen-bond acceptors (Lipinski definition) is 4.